The molecule has 1 N–H and O–H groups in total. The molecule has 0 fully saturated rings. The molecule has 0 aliphatic rings. The van der Waals surface area contributed by atoms with Crippen molar-refractivity contribution in [3.63, 3.8) is 0 Å². The summed E-state index contributed by atoms with van der Waals surface area (Å²) >= 11 is 0. The predicted octanol–water partition coefficient (Wildman–Crippen LogP) is 2.33. The third-order valence-electron chi connectivity index (χ3n) is 2.98. The first-order valence-electron chi connectivity index (χ1n) is 5.51. The van der Waals surface area contributed by atoms with Gasteiger partial charge in [0.1, 0.15) is 0 Å². The van der Waals surface area contributed by atoms with E-state index in [9.17, 15) is 4.79 Å². The highest BCUT2D eigenvalue weighted by atomic mass is 16.4. The van der Waals surface area contributed by atoms with Gasteiger partial charge in [-0.25, -0.2) is 0 Å². The first-order chi connectivity index (χ1) is 7.48. The van der Waals surface area contributed by atoms with Crippen molar-refractivity contribution in [2.45, 2.75) is 26.3 Å². The molecule has 1 rings (SSSR count). The average molecular weight is 221 g/mol. The second-order valence-corrected chi connectivity index (χ2v) is 4.33. The lowest BCUT2D eigenvalue weighted by molar-refractivity contribution is -0.139. The van der Waals surface area contributed by atoms with Gasteiger partial charge in [0, 0.05) is 5.54 Å². The van der Waals surface area contributed by atoms with Gasteiger partial charge < -0.3 is 5.11 Å². The van der Waals surface area contributed by atoms with E-state index < -0.39 is 5.97 Å². The van der Waals surface area contributed by atoms with Crippen molar-refractivity contribution in [2.75, 3.05) is 13.1 Å². The van der Waals surface area contributed by atoms with Crippen molar-refractivity contribution < 1.29 is 9.90 Å². The van der Waals surface area contributed by atoms with Crippen molar-refractivity contribution in [1.82, 2.24) is 4.90 Å². The summed E-state index contributed by atoms with van der Waals surface area (Å²) in [4.78, 5) is 12.8. The lowest BCUT2D eigenvalue weighted by Crippen LogP contribution is -2.44. The van der Waals surface area contributed by atoms with Gasteiger partial charge in [0.25, 0.3) is 0 Å². The topological polar surface area (TPSA) is 40.5 Å². The van der Waals surface area contributed by atoms with E-state index in [-0.39, 0.29) is 12.1 Å². The molecule has 0 atom stereocenters. The molecular weight excluding hydrogens is 202 g/mol. The van der Waals surface area contributed by atoms with Crippen molar-refractivity contribution in [2.24, 2.45) is 0 Å². The molecule has 0 unspecified atom stereocenters. The Labute approximate surface area is 96.7 Å². The van der Waals surface area contributed by atoms with Crippen molar-refractivity contribution in [3.05, 3.63) is 35.9 Å². The number of carbonyl (C=O) groups is 1. The van der Waals surface area contributed by atoms with E-state index in [0.717, 1.165) is 5.56 Å². The Morgan fingerprint density at radius 1 is 1.31 bits per heavy atom. The van der Waals surface area contributed by atoms with Gasteiger partial charge in [0.05, 0.1) is 6.54 Å². The first-order valence-corrected chi connectivity index (χ1v) is 5.51. The Morgan fingerprint density at radius 2 is 1.88 bits per heavy atom. The molecule has 0 bridgehead atoms. The number of hydrogen-bond acceptors (Lipinski definition) is 2. The molecule has 0 amide bonds. The minimum Gasteiger partial charge on any atom is -0.480 e. The van der Waals surface area contributed by atoms with Crippen LogP contribution in [0, 0.1) is 0 Å². The Kier molecular flexibility index (Phi) is 4.07. The second-order valence-electron chi connectivity index (χ2n) is 4.33. The molecule has 16 heavy (non-hydrogen) atoms. The van der Waals surface area contributed by atoms with E-state index in [1.54, 1.807) is 0 Å². The summed E-state index contributed by atoms with van der Waals surface area (Å²) in [5.74, 6) is -0.786. The SMILES string of the molecule is CCN(CC(=O)O)C(C)(C)c1ccccc1. The largest absolute Gasteiger partial charge is 0.480 e. The van der Waals surface area contributed by atoms with Crippen LogP contribution in [0.15, 0.2) is 30.3 Å². The molecule has 0 saturated carbocycles. The van der Waals surface area contributed by atoms with E-state index >= 15 is 0 Å². The highest BCUT2D eigenvalue weighted by molar-refractivity contribution is 5.69. The summed E-state index contributed by atoms with van der Waals surface area (Å²) in [6.07, 6.45) is 0. The van der Waals surface area contributed by atoms with Gasteiger partial charge in [-0.3, -0.25) is 9.69 Å². The van der Waals surface area contributed by atoms with Crippen LogP contribution < -0.4 is 0 Å². The van der Waals surface area contributed by atoms with Crippen LogP contribution in [-0.2, 0) is 10.3 Å². The van der Waals surface area contributed by atoms with Crippen LogP contribution >= 0.6 is 0 Å². The molecule has 88 valence electrons. The maximum atomic E-state index is 10.8. The highest BCUT2D eigenvalue weighted by Gasteiger charge is 2.28. The molecule has 1 aromatic carbocycles. The normalized spacial score (nSPS) is 11.8. The number of carboxylic acids is 1. The molecule has 1 aromatic rings. The fourth-order valence-corrected chi connectivity index (χ4v) is 1.90. The molecule has 0 radical (unpaired) electrons. The fraction of sp³-hybridized carbons (Fsp3) is 0.462. The minimum absolute atomic E-state index is 0.0679. The summed E-state index contributed by atoms with van der Waals surface area (Å²) in [6.45, 7) is 6.86. The zero-order valence-corrected chi connectivity index (χ0v) is 10.1. The Morgan fingerprint density at radius 3 is 2.31 bits per heavy atom. The number of aliphatic carboxylic acids is 1. The van der Waals surface area contributed by atoms with Gasteiger partial charge in [0.2, 0.25) is 0 Å². The quantitative estimate of drug-likeness (QED) is 0.829. The van der Waals surface area contributed by atoms with Gasteiger partial charge in [0.15, 0.2) is 0 Å². The lowest BCUT2D eigenvalue weighted by Gasteiger charge is -2.37. The van der Waals surface area contributed by atoms with Crippen LogP contribution in [0.2, 0.25) is 0 Å². The number of benzene rings is 1. The summed E-state index contributed by atoms with van der Waals surface area (Å²) < 4.78 is 0. The minimum atomic E-state index is -0.786. The van der Waals surface area contributed by atoms with Crippen LogP contribution in [0.1, 0.15) is 26.3 Å². The van der Waals surface area contributed by atoms with Crippen molar-refractivity contribution in [1.29, 1.82) is 0 Å². The number of carboxylic acid groups (broad SMARTS) is 1. The third-order valence-corrected chi connectivity index (χ3v) is 2.98. The molecule has 0 aliphatic carbocycles. The van der Waals surface area contributed by atoms with E-state index in [4.69, 9.17) is 5.11 Å². The second kappa shape index (κ2) is 5.12. The Balaban J connectivity index is 2.94. The summed E-state index contributed by atoms with van der Waals surface area (Å²) in [6, 6.07) is 9.99. The van der Waals surface area contributed by atoms with E-state index in [1.807, 2.05) is 42.2 Å². The van der Waals surface area contributed by atoms with E-state index in [0.29, 0.717) is 6.54 Å². The van der Waals surface area contributed by atoms with Gasteiger partial charge in [-0.1, -0.05) is 37.3 Å². The molecule has 0 heterocycles. The van der Waals surface area contributed by atoms with Gasteiger partial charge >= 0.3 is 5.97 Å². The monoisotopic (exact) mass is 221 g/mol. The molecule has 0 aliphatic heterocycles. The summed E-state index contributed by atoms with van der Waals surface area (Å²) in [5.41, 5.74) is 0.882. The Hall–Kier alpha value is -1.35. The molecular formula is C13H19NO2. The maximum Gasteiger partial charge on any atom is 0.317 e. The zero-order chi connectivity index (χ0) is 12.2. The smallest absolute Gasteiger partial charge is 0.317 e. The summed E-state index contributed by atoms with van der Waals surface area (Å²) in [5, 5.41) is 8.88. The molecule has 3 nitrogen and oxygen atoms in total. The number of hydrogen-bond donors (Lipinski definition) is 1. The molecule has 0 spiro atoms. The van der Waals surface area contributed by atoms with Crippen LogP contribution in [0.3, 0.4) is 0 Å². The molecule has 0 aromatic heterocycles. The number of nitrogens with zero attached hydrogens (tertiary/aromatic N) is 1. The predicted molar refractivity (Wildman–Crippen MR) is 64.4 cm³/mol. The van der Waals surface area contributed by atoms with Crippen molar-refractivity contribution >= 4 is 5.97 Å². The summed E-state index contributed by atoms with van der Waals surface area (Å²) in [7, 11) is 0. The zero-order valence-electron chi connectivity index (χ0n) is 10.1. The van der Waals surface area contributed by atoms with Crippen LogP contribution in [0.5, 0.6) is 0 Å². The molecule has 3 heteroatoms. The molecule has 0 saturated heterocycles. The van der Waals surface area contributed by atoms with Gasteiger partial charge in [-0.15, -0.1) is 0 Å². The first kappa shape index (κ1) is 12.7. The lowest BCUT2D eigenvalue weighted by atomic mass is 9.92. The van der Waals surface area contributed by atoms with Crippen LogP contribution in [0.4, 0.5) is 0 Å². The number of likely N-dealkylation sites (N-methyl/N-ethyl adjacent to an activating group) is 1. The van der Waals surface area contributed by atoms with E-state index in [2.05, 4.69) is 13.8 Å². The van der Waals surface area contributed by atoms with Crippen molar-refractivity contribution in [3.8, 4) is 0 Å². The van der Waals surface area contributed by atoms with Crippen LogP contribution in [0.25, 0.3) is 0 Å². The standard InChI is InChI=1S/C13H19NO2/c1-4-14(10-12(15)16)13(2,3)11-8-6-5-7-9-11/h5-9H,4,10H2,1-3H3,(H,15,16). The maximum absolute atomic E-state index is 10.8. The number of rotatable bonds is 5. The highest BCUT2D eigenvalue weighted by Crippen LogP contribution is 2.26. The van der Waals surface area contributed by atoms with Gasteiger partial charge in [-0.2, -0.15) is 0 Å². The van der Waals surface area contributed by atoms with Gasteiger partial charge in [-0.05, 0) is 26.0 Å². The fourth-order valence-electron chi connectivity index (χ4n) is 1.90. The third kappa shape index (κ3) is 2.83. The van der Waals surface area contributed by atoms with E-state index in [1.165, 1.54) is 0 Å². The average Bonchev–Trinajstić information content (AvgIpc) is 2.26. The van der Waals surface area contributed by atoms with Crippen LogP contribution in [-0.4, -0.2) is 29.1 Å². The Bertz CT molecular complexity index is 346.